The molecule has 2 aromatic rings. The maximum atomic E-state index is 12.9. The molecule has 1 aliphatic rings. The van der Waals surface area contributed by atoms with Crippen LogP contribution in [-0.2, 0) is 6.54 Å². The van der Waals surface area contributed by atoms with E-state index >= 15 is 0 Å². The molecule has 7 heteroatoms. The molecule has 1 amide bonds. The van der Waals surface area contributed by atoms with Gasteiger partial charge < -0.3 is 9.64 Å². The van der Waals surface area contributed by atoms with E-state index < -0.39 is 4.92 Å². The number of rotatable bonds is 7. The Balaban J connectivity index is 1.87. The molecule has 0 unspecified atom stereocenters. The van der Waals surface area contributed by atoms with Crippen molar-refractivity contribution in [1.82, 2.24) is 4.90 Å². The molecule has 0 bridgehead atoms. The van der Waals surface area contributed by atoms with Gasteiger partial charge in [-0.05, 0) is 43.3 Å². The summed E-state index contributed by atoms with van der Waals surface area (Å²) in [6, 6.07) is 8.60. The molecule has 0 N–H and O–H groups in total. The Morgan fingerprint density at radius 2 is 2.21 bits per heavy atom. The molecule has 0 saturated heterocycles. The fourth-order valence-electron chi connectivity index (χ4n) is 2.56. The van der Waals surface area contributed by atoms with E-state index in [2.05, 4.69) is 0 Å². The van der Waals surface area contributed by atoms with Gasteiger partial charge in [-0.1, -0.05) is 6.07 Å². The van der Waals surface area contributed by atoms with Crippen LogP contribution in [0.25, 0.3) is 0 Å². The number of ether oxygens (including phenoxy) is 1. The second-order valence-electron chi connectivity index (χ2n) is 5.62. The van der Waals surface area contributed by atoms with Gasteiger partial charge in [0.25, 0.3) is 5.91 Å². The lowest BCUT2D eigenvalue weighted by Gasteiger charge is -2.22. The van der Waals surface area contributed by atoms with E-state index in [-0.39, 0.29) is 23.4 Å². The Morgan fingerprint density at radius 1 is 1.42 bits per heavy atom. The first kappa shape index (κ1) is 16.4. The molecule has 126 valence electrons. The van der Waals surface area contributed by atoms with E-state index in [0.717, 1.165) is 17.7 Å². The first-order chi connectivity index (χ1) is 11.6. The number of hydrogen-bond donors (Lipinski definition) is 0. The molecule has 3 rings (SSSR count). The maximum absolute atomic E-state index is 12.9. The summed E-state index contributed by atoms with van der Waals surface area (Å²) in [5.74, 6) is 0.0207. The minimum Gasteiger partial charge on any atom is -0.487 e. The van der Waals surface area contributed by atoms with Crippen molar-refractivity contribution in [2.45, 2.75) is 32.4 Å². The minimum absolute atomic E-state index is 0.169. The molecule has 1 saturated carbocycles. The number of thiophene rings is 1. The zero-order valence-corrected chi connectivity index (χ0v) is 14.1. The number of carbonyl (C=O) groups excluding carboxylic acids is 1. The molecular weight excluding hydrogens is 328 g/mol. The largest absolute Gasteiger partial charge is 0.487 e. The van der Waals surface area contributed by atoms with Gasteiger partial charge in [-0.3, -0.25) is 14.9 Å². The summed E-state index contributed by atoms with van der Waals surface area (Å²) in [5.41, 5.74) is 0.156. The molecule has 0 atom stereocenters. The third-order valence-corrected chi connectivity index (χ3v) is 4.72. The fourth-order valence-corrected chi connectivity index (χ4v) is 3.26. The van der Waals surface area contributed by atoms with Crippen LogP contribution in [0, 0.1) is 10.1 Å². The van der Waals surface area contributed by atoms with Crippen LogP contribution < -0.4 is 4.74 Å². The quantitative estimate of drug-likeness (QED) is 0.564. The van der Waals surface area contributed by atoms with Crippen molar-refractivity contribution < 1.29 is 14.5 Å². The number of carbonyl (C=O) groups is 1. The Kier molecular flexibility index (Phi) is 4.80. The highest BCUT2D eigenvalue weighted by Crippen LogP contribution is 2.33. The van der Waals surface area contributed by atoms with Gasteiger partial charge in [-0.2, -0.15) is 0 Å². The van der Waals surface area contributed by atoms with E-state index in [9.17, 15) is 14.9 Å². The van der Waals surface area contributed by atoms with Crippen LogP contribution in [-0.4, -0.2) is 28.4 Å². The van der Waals surface area contributed by atoms with Crippen LogP contribution in [0.15, 0.2) is 35.7 Å². The van der Waals surface area contributed by atoms with Gasteiger partial charge in [0.1, 0.15) is 0 Å². The molecule has 1 aromatic carbocycles. The summed E-state index contributed by atoms with van der Waals surface area (Å²) in [6.45, 7) is 2.64. The predicted molar refractivity (Wildman–Crippen MR) is 91.5 cm³/mol. The Bertz CT molecular complexity index is 741. The van der Waals surface area contributed by atoms with Crippen LogP contribution in [0.5, 0.6) is 5.75 Å². The molecule has 24 heavy (non-hydrogen) atoms. The van der Waals surface area contributed by atoms with Gasteiger partial charge in [0.2, 0.25) is 0 Å². The molecule has 1 heterocycles. The van der Waals surface area contributed by atoms with E-state index in [1.54, 1.807) is 24.3 Å². The molecule has 0 aliphatic heterocycles. The van der Waals surface area contributed by atoms with Crippen LogP contribution in [0.1, 0.15) is 35.0 Å². The Labute approximate surface area is 143 Å². The van der Waals surface area contributed by atoms with E-state index in [1.807, 2.05) is 22.4 Å². The normalized spacial score (nSPS) is 13.5. The van der Waals surface area contributed by atoms with Crippen molar-refractivity contribution in [1.29, 1.82) is 0 Å². The third kappa shape index (κ3) is 3.56. The number of nitro benzene ring substituents is 1. The average Bonchev–Trinajstić information content (AvgIpc) is 3.28. The van der Waals surface area contributed by atoms with Gasteiger partial charge in [0.05, 0.1) is 18.1 Å². The van der Waals surface area contributed by atoms with Crippen LogP contribution in [0.4, 0.5) is 5.69 Å². The van der Waals surface area contributed by atoms with Crippen LogP contribution in [0.3, 0.4) is 0 Å². The zero-order chi connectivity index (χ0) is 17.1. The van der Waals surface area contributed by atoms with Crippen molar-refractivity contribution in [3.05, 3.63) is 56.3 Å². The Hall–Kier alpha value is -2.41. The lowest BCUT2D eigenvalue weighted by molar-refractivity contribution is -0.385. The van der Waals surface area contributed by atoms with Gasteiger partial charge in [0.15, 0.2) is 5.75 Å². The first-order valence-electron chi connectivity index (χ1n) is 7.84. The van der Waals surface area contributed by atoms with E-state index in [4.69, 9.17) is 4.74 Å². The standard InChI is InChI=1S/C17H18N2O4S/c1-2-23-16-8-5-12(10-15(16)19(21)22)17(20)18(13-6-7-13)11-14-4-3-9-24-14/h3-5,8-10,13H,2,6-7,11H2,1H3. The maximum Gasteiger partial charge on any atom is 0.311 e. The topological polar surface area (TPSA) is 72.7 Å². The highest BCUT2D eigenvalue weighted by Gasteiger charge is 2.34. The van der Waals surface area contributed by atoms with Crippen molar-refractivity contribution in [2.75, 3.05) is 6.61 Å². The number of hydrogen-bond acceptors (Lipinski definition) is 5. The lowest BCUT2D eigenvalue weighted by atomic mass is 10.1. The molecule has 0 spiro atoms. The highest BCUT2D eigenvalue weighted by atomic mass is 32.1. The summed E-state index contributed by atoms with van der Waals surface area (Å²) in [6.07, 6.45) is 1.96. The summed E-state index contributed by atoms with van der Waals surface area (Å²) >= 11 is 1.60. The molecule has 1 aliphatic carbocycles. The molecule has 1 fully saturated rings. The average molecular weight is 346 g/mol. The first-order valence-corrected chi connectivity index (χ1v) is 8.72. The monoisotopic (exact) mass is 346 g/mol. The highest BCUT2D eigenvalue weighted by molar-refractivity contribution is 7.09. The third-order valence-electron chi connectivity index (χ3n) is 3.86. The second kappa shape index (κ2) is 7.00. The minimum atomic E-state index is -0.511. The summed E-state index contributed by atoms with van der Waals surface area (Å²) in [4.78, 5) is 26.5. The van der Waals surface area contributed by atoms with Crippen molar-refractivity contribution >= 4 is 22.9 Å². The number of benzene rings is 1. The zero-order valence-electron chi connectivity index (χ0n) is 13.3. The number of nitro groups is 1. The molecule has 6 nitrogen and oxygen atoms in total. The smallest absolute Gasteiger partial charge is 0.311 e. The number of amides is 1. The lowest BCUT2D eigenvalue weighted by Crippen LogP contribution is -2.32. The Morgan fingerprint density at radius 3 is 2.79 bits per heavy atom. The van der Waals surface area contributed by atoms with E-state index in [0.29, 0.717) is 18.7 Å². The predicted octanol–water partition coefficient (Wildman–Crippen LogP) is 3.86. The second-order valence-corrected chi connectivity index (χ2v) is 6.65. The van der Waals surface area contributed by atoms with Gasteiger partial charge in [0, 0.05) is 22.5 Å². The van der Waals surface area contributed by atoms with Crippen LogP contribution in [0.2, 0.25) is 0 Å². The fraction of sp³-hybridized carbons (Fsp3) is 0.353. The summed E-state index contributed by atoms with van der Waals surface area (Å²) in [5, 5.41) is 13.2. The van der Waals surface area contributed by atoms with Crippen molar-refractivity contribution in [3.8, 4) is 5.75 Å². The van der Waals surface area contributed by atoms with Gasteiger partial charge in [-0.15, -0.1) is 11.3 Å². The van der Waals surface area contributed by atoms with Gasteiger partial charge >= 0.3 is 5.69 Å². The molecule has 1 aromatic heterocycles. The number of nitrogens with zero attached hydrogens (tertiary/aromatic N) is 2. The van der Waals surface area contributed by atoms with Gasteiger partial charge in [-0.25, -0.2) is 0 Å². The summed E-state index contributed by atoms with van der Waals surface area (Å²) in [7, 11) is 0. The van der Waals surface area contributed by atoms with Crippen molar-refractivity contribution in [3.63, 3.8) is 0 Å². The molecule has 0 radical (unpaired) electrons. The van der Waals surface area contributed by atoms with Crippen molar-refractivity contribution in [2.24, 2.45) is 0 Å². The van der Waals surface area contributed by atoms with E-state index in [1.165, 1.54) is 12.1 Å². The summed E-state index contributed by atoms with van der Waals surface area (Å²) < 4.78 is 5.27. The van der Waals surface area contributed by atoms with Crippen LogP contribution >= 0.6 is 11.3 Å². The SMILES string of the molecule is CCOc1ccc(C(=O)N(Cc2cccs2)C2CC2)cc1[N+](=O)[O-]. The molecular formula is C17H18N2O4S.